The van der Waals surface area contributed by atoms with E-state index in [0.717, 1.165) is 18.2 Å². The summed E-state index contributed by atoms with van der Waals surface area (Å²) in [6.07, 6.45) is 1.26. The van der Waals surface area contributed by atoms with E-state index in [9.17, 15) is 13.6 Å². The van der Waals surface area contributed by atoms with Gasteiger partial charge in [-0.05, 0) is 49.2 Å². The molecule has 0 radical (unpaired) electrons. The first kappa shape index (κ1) is 19.8. The van der Waals surface area contributed by atoms with Gasteiger partial charge in [-0.3, -0.25) is 4.79 Å². The van der Waals surface area contributed by atoms with E-state index in [1.165, 1.54) is 19.1 Å². The summed E-state index contributed by atoms with van der Waals surface area (Å²) >= 11 is 0. The van der Waals surface area contributed by atoms with Gasteiger partial charge >= 0.3 is 0 Å². The van der Waals surface area contributed by atoms with Gasteiger partial charge in [0.2, 0.25) is 11.7 Å². The number of carbonyl (C=O) groups is 1. The lowest BCUT2D eigenvalue weighted by atomic mass is 10.1. The highest BCUT2D eigenvalue weighted by Gasteiger charge is 2.35. The molecule has 1 atom stereocenters. The number of aromatic nitrogens is 2. The van der Waals surface area contributed by atoms with Crippen molar-refractivity contribution in [1.29, 1.82) is 0 Å². The summed E-state index contributed by atoms with van der Waals surface area (Å²) < 4.78 is 43.5. The summed E-state index contributed by atoms with van der Waals surface area (Å²) in [6, 6.07) is 7.50. The van der Waals surface area contributed by atoms with E-state index in [-0.39, 0.29) is 11.5 Å². The molecular weight excluding hydrogens is 396 g/mol. The number of benzene rings is 2. The second-order valence-corrected chi connectivity index (χ2v) is 6.81. The van der Waals surface area contributed by atoms with Gasteiger partial charge in [0.15, 0.2) is 11.5 Å². The molecule has 7 nitrogen and oxygen atoms in total. The third kappa shape index (κ3) is 3.58. The maximum absolute atomic E-state index is 14.1. The summed E-state index contributed by atoms with van der Waals surface area (Å²) in [7, 11) is 3.06. The first-order valence-electron chi connectivity index (χ1n) is 9.34. The number of rotatable bonds is 5. The Bertz CT molecular complexity index is 1090. The Balaban J connectivity index is 1.61. The Morgan fingerprint density at radius 1 is 1.13 bits per heavy atom. The van der Waals surface area contributed by atoms with Crippen LogP contribution in [0.1, 0.15) is 35.1 Å². The van der Waals surface area contributed by atoms with Gasteiger partial charge in [-0.15, -0.1) is 0 Å². The normalized spacial score (nSPS) is 16.0. The maximum Gasteiger partial charge on any atom is 0.257 e. The topological polar surface area (TPSA) is 77.7 Å². The van der Waals surface area contributed by atoms with Crippen molar-refractivity contribution < 1.29 is 27.6 Å². The number of carbonyl (C=O) groups excluding carboxylic acids is 1. The summed E-state index contributed by atoms with van der Waals surface area (Å²) in [5.41, 5.74) is 0.330. The molecule has 0 unspecified atom stereocenters. The Morgan fingerprint density at radius 3 is 2.70 bits per heavy atom. The Morgan fingerprint density at radius 2 is 1.93 bits per heavy atom. The fourth-order valence-corrected chi connectivity index (χ4v) is 3.55. The van der Waals surface area contributed by atoms with Crippen LogP contribution in [0, 0.1) is 11.6 Å². The molecule has 2 heterocycles. The smallest absolute Gasteiger partial charge is 0.257 e. The largest absolute Gasteiger partial charge is 0.493 e. The molecule has 156 valence electrons. The van der Waals surface area contributed by atoms with Crippen molar-refractivity contribution in [2.45, 2.75) is 18.9 Å². The predicted molar refractivity (Wildman–Crippen MR) is 102 cm³/mol. The van der Waals surface area contributed by atoms with E-state index in [1.54, 1.807) is 18.2 Å². The molecule has 3 aromatic rings. The zero-order valence-corrected chi connectivity index (χ0v) is 16.4. The van der Waals surface area contributed by atoms with E-state index in [0.29, 0.717) is 42.3 Å². The Kier molecular flexibility index (Phi) is 5.35. The fourth-order valence-electron chi connectivity index (χ4n) is 3.55. The third-order valence-corrected chi connectivity index (χ3v) is 5.04. The molecule has 0 saturated carbocycles. The molecule has 9 heteroatoms. The SMILES string of the molecule is COc1ccc(-c2noc([C@H]3CCCN3C(=O)c3cc(F)ccc3F)n2)cc1OC. The van der Waals surface area contributed by atoms with E-state index in [1.807, 2.05) is 0 Å². The summed E-state index contributed by atoms with van der Waals surface area (Å²) in [5, 5.41) is 4.01. The lowest BCUT2D eigenvalue weighted by Crippen LogP contribution is -2.31. The second kappa shape index (κ2) is 8.10. The number of likely N-dealkylation sites (tertiary alicyclic amines) is 1. The molecule has 0 bridgehead atoms. The van der Waals surface area contributed by atoms with Crippen LogP contribution in [0.5, 0.6) is 11.5 Å². The van der Waals surface area contributed by atoms with E-state index in [4.69, 9.17) is 14.0 Å². The highest BCUT2D eigenvalue weighted by Crippen LogP contribution is 2.35. The monoisotopic (exact) mass is 415 g/mol. The van der Waals surface area contributed by atoms with Gasteiger partial charge in [-0.1, -0.05) is 5.16 Å². The molecule has 1 amide bonds. The van der Waals surface area contributed by atoms with Crippen LogP contribution >= 0.6 is 0 Å². The van der Waals surface area contributed by atoms with Gasteiger partial charge in [0.05, 0.1) is 19.8 Å². The Labute approximate surface area is 171 Å². The molecule has 1 aliphatic heterocycles. The van der Waals surface area contributed by atoms with Crippen LogP contribution < -0.4 is 9.47 Å². The van der Waals surface area contributed by atoms with Crippen molar-refractivity contribution >= 4 is 5.91 Å². The van der Waals surface area contributed by atoms with Crippen LogP contribution in [0.25, 0.3) is 11.4 Å². The van der Waals surface area contributed by atoms with Crippen LogP contribution in [0.4, 0.5) is 8.78 Å². The highest BCUT2D eigenvalue weighted by atomic mass is 19.1. The minimum absolute atomic E-state index is 0.238. The average molecular weight is 415 g/mol. The molecule has 4 rings (SSSR count). The number of hydrogen-bond acceptors (Lipinski definition) is 6. The molecule has 1 aromatic heterocycles. The van der Waals surface area contributed by atoms with Gasteiger partial charge in [-0.25, -0.2) is 8.78 Å². The van der Waals surface area contributed by atoms with Crippen molar-refractivity contribution in [2.24, 2.45) is 0 Å². The van der Waals surface area contributed by atoms with Crippen molar-refractivity contribution in [3.8, 4) is 22.9 Å². The average Bonchev–Trinajstić information content (AvgIpc) is 3.44. The van der Waals surface area contributed by atoms with Gasteiger partial charge in [0.25, 0.3) is 5.91 Å². The van der Waals surface area contributed by atoms with Crippen molar-refractivity contribution in [1.82, 2.24) is 15.0 Å². The summed E-state index contributed by atoms with van der Waals surface area (Å²) in [6.45, 7) is 0.382. The van der Waals surface area contributed by atoms with Gasteiger partial charge in [0.1, 0.15) is 17.7 Å². The molecule has 0 aliphatic carbocycles. The number of hydrogen-bond donors (Lipinski definition) is 0. The van der Waals surface area contributed by atoms with Gasteiger partial charge in [0, 0.05) is 12.1 Å². The van der Waals surface area contributed by atoms with Crippen LogP contribution in [-0.2, 0) is 0 Å². The van der Waals surface area contributed by atoms with E-state index < -0.39 is 23.6 Å². The molecule has 2 aromatic carbocycles. The maximum atomic E-state index is 14.1. The van der Waals surface area contributed by atoms with E-state index >= 15 is 0 Å². The molecule has 30 heavy (non-hydrogen) atoms. The molecular formula is C21H19F2N3O4. The minimum Gasteiger partial charge on any atom is -0.493 e. The summed E-state index contributed by atoms with van der Waals surface area (Å²) in [4.78, 5) is 18.7. The molecule has 0 N–H and O–H groups in total. The molecule has 1 fully saturated rings. The van der Waals surface area contributed by atoms with Gasteiger partial charge in [-0.2, -0.15) is 4.98 Å². The first-order chi connectivity index (χ1) is 14.5. The van der Waals surface area contributed by atoms with Crippen LogP contribution in [0.2, 0.25) is 0 Å². The van der Waals surface area contributed by atoms with Crippen LogP contribution in [0.3, 0.4) is 0 Å². The van der Waals surface area contributed by atoms with Crippen molar-refractivity contribution in [3.63, 3.8) is 0 Å². The molecule has 1 saturated heterocycles. The number of ether oxygens (including phenoxy) is 2. The molecule has 0 spiro atoms. The van der Waals surface area contributed by atoms with Crippen molar-refractivity contribution in [2.75, 3.05) is 20.8 Å². The second-order valence-electron chi connectivity index (χ2n) is 6.81. The summed E-state index contributed by atoms with van der Waals surface area (Å²) in [5.74, 6) is -0.423. The number of halogens is 2. The van der Waals surface area contributed by atoms with E-state index in [2.05, 4.69) is 10.1 Å². The Hall–Kier alpha value is -3.49. The zero-order valence-electron chi connectivity index (χ0n) is 16.4. The quantitative estimate of drug-likeness (QED) is 0.627. The number of amides is 1. The lowest BCUT2D eigenvalue weighted by molar-refractivity contribution is 0.0704. The highest BCUT2D eigenvalue weighted by molar-refractivity contribution is 5.95. The lowest BCUT2D eigenvalue weighted by Gasteiger charge is -2.22. The van der Waals surface area contributed by atoms with Gasteiger partial charge < -0.3 is 18.9 Å². The molecule has 1 aliphatic rings. The number of methoxy groups -OCH3 is 2. The fraction of sp³-hybridized carbons (Fsp3) is 0.286. The third-order valence-electron chi connectivity index (χ3n) is 5.04. The standard InChI is InChI=1S/C21H19F2N3O4/c1-28-17-8-5-12(10-18(17)29-2)19-24-20(30-25-19)16-4-3-9-26(16)21(27)14-11-13(22)6-7-15(14)23/h5-8,10-11,16H,3-4,9H2,1-2H3/t16-/m1/s1. The van der Waals surface area contributed by atoms with Crippen LogP contribution in [-0.4, -0.2) is 41.7 Å². The van der Waals surface area contributed by atoms with Crippen LogP contribution in [0.15, 0.2) is 40.9 Å². The van der Waals surface area contributed by atoms with Crippen molar-refractivity contribution in [3.05, 3.63) is 59.5 Å². The zero-order chi connectivity index (χ0) is 21.3. The predicted octanol–water partition coefficient (Wildman–Crippen LogP) is 4.01. The number of nitrogens with zero attached hydrogens (tertiary/aromatic N) is 3. The minimum atomic E-state index is -0.774. The first-order valence-corrected chi connectivity index (χ1v) is 9.34.